The highest BCUT2D eigenvalue weighted by atomic mass is 79.9. The number of Topliss-reactive ketones (excluding diaryl/α,β-unsaturated/α-hetero) is 1. The van der Waals surface area contributed by atoms with Crippen molar-refractivity contribution in [2.24, 2.45) is 0 Å². The molecule has 4 aromatic rings. The van der Waals surface area contributed by atoms with E-state index in [9.17, 15) is 14.4 Å². The summed E-state index contributed by atoms with van der Waals surface area (Å²) in [6.07, 6.45) is 0.308. The number of carbonyl (C=O) groups is 3. The summed E-state index contributed by atoms with van der Waals surface area (Å²) in [4.78, 5) is 42.2. The van der Waals surface area contributed by atoms with Crippen molar-refractivity contribution < 1.29 is 23.9 Å². The van der Waals surface area contributed by atoms with Crippen LogP contribution in [0.3, 0.4) is 0 Å². The van der Waals surface area contributed by atoms with Crippen LogP contribution < -0.4 is 0 Å². The third-order valence-corrected chi connectivity index (χ3v) is 7.28. The molecule has 1 aliphatic rings. The van der Waals surface area contributed by atoms with E-state index >= 15 is 0 Å². The molecule has 0 saturated heterocycles. The fraction of sp³-hybridized carbons (Fsp3) is 0.219. The van der Waals surface area contributed by atoms with Gasteiger partial charge in [0.05, 0.1) is 5.56 Å². The highest BCUT2D eigenvalue weighted by molar-refractivity contribution is 9.10. The van der Waals surface area contributed by atoms with Crippen molar-refractivity contribution >= 4 is 44.4 Å². The molecule has 0 fully saturated rings. The smallest absolute Gasteiger partial charge is 0.360 e. The zero-order valence-electron chi connectivity index (χ0n) is 21.4. The van der Waals surface area contributed by atoms with Crippen molar-refractivity contribution in [1.29, 1.82) is 0 Å². The molecule has 2 atom stereocenters. The Bertz CT molecular complexity index is 1550. The van der Waals surface area contributed by atoms with Gasteiger partial charge in [-0.1, -0.05) is 82.7 Å². The molecule has 6 heteroatoms. The molecular weight excluding hydrogens is 544 g/mol. The predicted molar refractivity (Wildman–Crippen MR) is 149 cm³/mol. The summed E-state index contributed by atoms with van der Waals surface area (Å²) in [7, 11) is 0. The van der Waals surface area contributed by atoms with Crippen LogP contribution in [0.5, 0.6) is 0 Å². The Morgan fingerprint density at radius 1 is 0.868 bits per heavy atom. The van der Waals surface area contributed by atoms with Gasteiger partial charge in [0.1, 0.15) is 5.60 Å². The van der Waals surface area contributed by atoms with Crippen molar-refractivity contribution in [2.45, 2.75) is 44.3 Å². The Kier molecular flexibility index (Phi) is 6.70. The number of benzene rings is 4. The van der Waals surface area contributed by atoms with Crippen molar-refractivity contribution in [1.82, 2.24) is 0 Å². The Morgan fingerprint density at radius 2 is 1.53 bits per heavy atom. The molecule has 0 aromatic heterocycles. The SMILES string of the molecule is CC(C)(C)OC(=O)[C@@]1(OC(=O)c2ccc(Br)cc2)C(=O)c2ccccc2C[C@H]1c1cccc2ccccc12. The van der Waals surface area contributed by atoms with Gasteiger partial charge in [-0.2, -0.15) is 0 Å². The first-order valence-electron chi connectivity index (χ1n) is 12.4. The predicted octanol–water partition coefficient (Wildman–Crippen LogP) is 7.06. The second kappa shape index (κ2) is 9.84. The highest BCUT2D eigenvalue weighted by Gasteiger charge is 2.61. The summed E-state index contributed by atoms with van der Waals surface area (Å²) in [5.74, 6) is -3.06. The Morgan fingerprint density at radius 3 is 2.26 bits per heavy atom. The molecule has 0 aliphatic heterocycles. The third-order valence-electron chi connectivity index (χ3n) is 6.75. The van der Waals surface area contributed by atoms with E-state index in [1.165, 1.54) is 0 Å². The first-order valence-corrected chi connectivity index (χ1v) is 13.2. The van der Waals surface area contributed by atoms with E-state index in [4.69, 9.17) is 9.47 Å². The minimum absolute atomic E-state index is 0.222. The number of esters is 2. The first-order chi connectivity index (χ1) is 18.1. The van der Waals surface area contributed by atoms with Crippen LogP contribution >= 0.6 is 15.9 Å². The van der Waals surface area contributed by atoms with Gasteiger partial charge >= 0.3 is 11.9 Å². The number of hydrogen-bond acceptors (Lipinski definition) is 5. The fourth-order valence-corrected chi connectivity index (χ4v) is 5.33. The van der Waals surface area contributed by atoms with Crippen molar-refractivity contribution in [3.8, 4) is 0 Å². The monoisotopic (exact) mass is 570 g/mol. The minimum atomic E-state index is -2.23. The Hall–Kier alpha value is -3.77. The number of fused-ring (bicyclic) bond motifs is 2. The largest absolute Gasteiger partial charge is 0.457 e. The van der Waals surface area contributed by atoms with Gasteiger partial charge in [0.2, 0.25) is 5.78 Å². The Balaban J connectivity index is 1.77. The van der Waals surface area contributed by atoms with Gasteiger partial charge in [-0.3, -0.25) is 4.79 Å². The maximum Gasteiger partial charge on any atom is 0.360 e. The van der Waals surface area contributed by atoms with E-state index in [2.05, 4.69) is 15.9 Å². The van der Waals surface area contributed by atoms with Crippen molar-refractivity contribution in [3.05, 3.63) is 118 Å². The molecule has 0 radical (unpaired) electrons. The standard InChI is InChI=1S/C32H27BrO5/c1-31(2,3)38-30(36)32(37-29(35)21-15-17-23(33)18-16-21)27(19-22-10-5-7-13-25(22)28(32)34)26-14-8-11-20-9-4-6-12-24(20)26/h4-18,27H,19H2,1-3H3/t27-,32-/m0/s1. The zero-order valence-corrected chi connectivity index (χ0v) is 22.9. The van der Waals surface area contributed by atoms with Crippen LogP contribution in [0.1, 0.15) is 58.5 Å². The van der Waals surface area contributed by atoms with E-state index < -0.39 is 34.8 Å². The molecule has 0 amide bonds. The van der Waals surface area contributed by atoms with Crippen LogP contribution in [0, 0.1) is 0 Å². The normalized spacial score (nSPS) is 19.1. The Labute approximate surface area is 229 Å². The summed E-state index contributed by atoms with van der Waals surface area (Å²) in [6, 6.07) is 27.2. The number of halogens is 1. The quantitative estimate of drug-likeness (QED) is 0.194. The van der Waals surface area contributed by atoms with Crippen LogP contribution in [0.4, 0.5) is 0 Å². The zero-order chi connectivity index (χ0) is 27.1. The van der Waals surface area contributed by atoms with Crippen LogP contribution in [0.15, 0.2) is 95.5 Å². The van der Waals surface area contributed by atoms with E-state index in [1.54, 1.807) is 57.2 Å². The average Bonchev–Trinajstić information content (AvgIpc) is 2.89. The van der Waals surface area contributed by atoms with Crippen molar-refractivity contribution in [2.75, 3.05) is 0 Å². The van der Waals surface area contributed by atoms with Crippen LogP contribution in [-0.2, 0) is 20.7 Å². The number of ketones is 1. The van der Waals surface area contributed by atoms with E-state index in [1.807, 2.05) is 54.6 Å². The number of hydrogen-bond donors (Lipinski definition) is 0. The lowest BCUT2D eigenvalue weighted by atomic mass is 9.67. The second-order valence-corrected chi connectivity index (χ2v) is 11.4. The lowest BCUT2D eigenvalue weighted by Gasteiger charge is -2.42. The topological polar surface area (TPSA) is 69.7 Å². The van der Waals surface area contributed by atoms with Crippen LogP contribution in [-0.4, -0.2) is 28.9 Å². The summed E-state index contributed by atoms with van der Waals surface area (Å²) < 4.78 is 12.7. The summed E-state index contributed by atoms with van der Waals surface area (Å²) in [5.41, 5.74) is -1.06. The molecule has 0 saturated carbocycles. The number of rotatable bonds is 4. The van der Waals surface area contributed by atoms with Crippen LogP contribution in [0.2, 0.25) is 0 Å². The lowest BCUT2D eigenvalue weighted by Crippen LogP contribution is -2.59. The van der Waals surface area contributed by atoms with Crippen molar-refractivity contribution in [3.63, 3.8) is 0 Å². The summed E-state index contributed by atoms with van der Waals surface area (Å²) in [6.45, 7) is 5.18. The molecule has 38 heavy (non-hydrogen) atoms. The van der Waals surface area contributed by atoms with Crippen LogP contribution in [0.25, 0.3) is 10.8 Å². The average molecular weight is 571 g/mol. The molecule has 0 unspecified atom stereocenters. The molecule has 5 nitrogen and oxygen atoms in total. The van der Waals surface area contributed by atoms with E-state index in [0.717, 1.165) is 26.4 Å². The maximum atomic E-state index is 14.4. The molecule has 0 heterocycles. The lowest BCUT2D eigenvalue weighted by molar-refractivity contribution is -0.174. The van der Waals surface area contributed by atoms with Gasteiger partial charge in [-0.15, -0.1) is 0 Å². The molecule has 4 aromatic carbocycles. The van der Waals surface area contributed by atoms with Gasteiger partial charge < -0.3 is 9.47 Å². The van der Waals surface area contributed by atoms with E-state index in [0.29, 0.717) is 12.0 Å². The molecule has 192 valence electrons. The number of carbonyl (C=O) groups excluding carboxylic acids is 3. The first kappa shape index (κ1) is 25.9. The van der Waals surface area contributed by atoms with Gasteiger partial charge in [0.25, 0.3) is 5.60 Å². The van der Waals surface area contributed by atoms with Gasteiger partial charge in [0, 0.05) is 16.0 Å². The number of ether oxygens (including phenoxy) is 2. The third kappa shape index (κ3) is 4.65. The maximum absolute atomic E-state index is 14.4. The molecule has 0 bridgehead atoms. The highest BCUT2D eigenvalue weighted by Crippen LogP contribution is 2.46. The fourth-order valence-electron chi connectivity index (χ4n) is 5.06. The van der Waals surface area contributed by atoms with Gasteiger partial charge in [0.15, 0.2) is 0 Å². The molecule has 0 spiro atoms. The molecule has 1 aliphatic carbocycles. The molecule has 0 N–H and O–H groups in total. The van der Waals surface area contributed by atoms with Gasteiger partial charge in [-0.25, -0.2) is 9.59 Å². The van der Waals surface area contributed by atoms with Gasteiger partial charge in [-0.05, 0) is 73.4 Å². The second-order valence-electron chi connectivity index (χ2n) is 10.4. The summed E-state index contributed by atoms with van der Waals surface area (Å²) >= 11 is 3.37. The van der Waals surface area contributed by atoms with E-state index in [-0.39, 0.29) is 5.56 Å². The minimum Gasteiger partial charge on any atom is -0.457 e. The molecule has 5 rings (SSSR count). The molecular formula is C32H27BrO5. The summed E-state index contributed by atoms with van der Waals surface area (Å²) in [5, 5.41) is 1.83.